The summed E-state index contributed by atoms with van der Waals surface area (Å²) in [5.41, 5.74) is 0.365. The molecule has 0 saturated carbocycles. The molecule has 0 fully saturated rings. The zero-order valence-electron chi connectivity index (χ0n) is 12.0. The van der Waals surface area contributed by atoms with E-state index in [4.69, 9.17) is 27.9 Å². The van der Waals surface area contributed by atoms with Crippen molar-refractivity contribution in [2.75, 3.05) is 18.2 Å². The van der Waals surface area contributed by atoms with Gasteiger partial charge in [-0.25, -0.2) is 8.42 Å². The van der Waals surface area contributed by atoms with Gasteiger partial charge in [0.2, 0.25) is 0 Å². The number of sulfone groups is 1. The van der Waals surface area contributed by atoms with E-state index in [0.717, 1.165) is 6.26 Å². The molecule has 0 saturated heterocycles. The molecule has 1 amide bonds. The van der Waals surface area contributed by atoms with E-state index in [1.165, 1.54) is 18.2 Å². The average molecular weight is 374 g/mol. The van der Waals surface area contributed by atoms with Gasteiger partial charge in [0.25, 0.3) is 5.91 Å². The summed E-state index contributed by atoms with van der Waals surface area (Å²) in [7, 11) is -3.34. The predicted molar refractivity (Wildman–Crippen MR) is 90.1 cm³/mol. The third kappa shape index (κ3) is 5.13. The monoisotopic (exact) mass is 373 g/mol. The first kappa shape index (κ1) is 17.6. The molecular weight excluding hydrogens is 361 g/mol. The van der Waals surface area contributed by atoms with Gasteiger partial charge in [-0.15, -0.1) is 0 Å². The van der Waals surface area contributed by atoms with Crippen LogP contribution in [0.3, 0.4) is 0 Å². The van der Waals surface area contributed by atoms with Gasteiger partial charge in [-0.2, -0.15) is 0 Å². The summed E-state index contributed by atoms with van der Waals surface area (Å²) in [5, 5.41) is 3.32. The predicted octanol–water partition coefficient (Wildman–Crippen LogP) is 3.41. The second-order valence-electron chi connectivity index (χ2n) is 4.71. The molecule has 0 spiro atoms. The Balaban J connectivity index is 2.00. The number of amides is 1. The van der Waals surface area contributed by atoms with Crippen molar-refractivity contribution < 1.29 is 17.9 Å². The Kier molecular flexibility index (Phi) is 5.51. The van der Waals surface area contributed by atoms with E-state index in [1.807, 2.05) is 0 Å². The topological polar surface area (TPSA) is 72.5 Å². The summed E-state index contributed by atoms with van der Waals surface area (Å²) in [5.74, 6) is -0.113. The fourth-order valence-corrected chi connectivity index (χ4v) is 2.87. The van der Waals surface area contributed by atoms with E-state index in [0.29, 0.717) is 21.5 Å². The Morgan fingerprint density at radius 2 is 1.91 bits per heavy atom. The molecule has 0 aliphatic carbocycles. The highest BCUT2D eigenvalue weighted by Crippen LogP contribution is 2.27. The van der Waals surface area contributed by atoms with Crippen molar-refractivity contribution in [1.29, 1.82) is 0 Å². The minimum absolute atomic E-state index is 0.122. The van der Waals surface area contributed by atoms with Crippen LogP contribution in [0.1, 0.15) is 0 Å². The molecule has 122 valence electrons. The Morgan fingerprint density at radius 3 is 2.57 bits per heavy atom. The van der Waals surface area contributed by atoms with Crippen LogP contribution in [0.5, 0.6) is 5.75 Å². The second kappa shape index (κ2) is 7.21. The van der Waals surface area contributed by atoms with Gasteiger partial charge in [0, 0.05) is 17.0 Å². The van der Waals surface area contributed by atoms with Crippen LogP contribution in [-0.4, -0.2) is 27.2 Å². The molecule has 0 aromatic heterocycles. The maximum atomic E-state index is 11.9. The smallest absolute Gasteiger partial charge is 0.262 e. The van der Waals surface area contributed by atoms with Crippen molar-refractivity contribution in [2.24, 2.45) is 0 Å². The maximum absolute atomic E-state index is 11.9. The minimum atomic E-state index is -3.34. The van der Waals surface area contributed by atoms with Gasteiger partial charge in [-0.3, -0.25) is 4.79 Å². The van der Waals surface area contributed by atoms with Crippen LogP contribution in [-0.2, 0) is 14.6 Å². The van der Waals surface area contributed by atoms with E-state index in [2.05, 4.69) is 5.32 Å². The lowest BCUT2D eigenvalue weighted by Gasteiger charge is -2.09. The lowest BCUT2D eigenvalue weighted by atomic mass is 10.3. The Hall–Kier alpha value is -1.76. The number of hydrogen-bond donors (Lipinski definition) is 1. The zero-order chi connectivity index (χ0) is 17.0. The van der Waals surface area contributed by atoms with Gasteiger partial charge in [0.1, 0.15) is 5.75 Å². The number of hydrogen-bond acceptors (Lipinski definition) is 4. The van der Waals surface area contributed by atoms with Crippen molar-refractivity contribution in [3.63, 3.8) is 0 Å². The number of rotatable bonds is 5. The van der Waals surface area contributed by atoms with Crippen molar-refractivity contribution in [3.05, 3.63) is 52.5 Å². The van der Waals surface area contributed by atoms with Crippen LogP contribution in [0.25, 0.3) is 0 Å². The Labute approximate surface area is 144 Å². The summed E-state index contributed by atoms with van der Waals surface area (Å²) in [6, 6.07) is 10.6. The first-order valence-electron chi connectivity index (χ1n) is 6.43. The number of benzene rings is 2. The standard InChI is InChI=1S/C15H13Cl2NO4S/c1-23(20,21)12-4-2-3-11(8-12)18-15(19)9-22-14-6-5-10(16)7-13(14)17/h2-8H,9H2,1H3,(H,18,19). The maximum Gasteiger partial charge on any atom is 0.262 e. The summed E-state index contributed by atoms with van der Waals surface area (Å²) >= 11 is 11.7. The summed E-state index contributed by atoms with van der Waals surface area (Å²) < 4.78 is 28.3. The summed E-state index contributed by atoms with van der Waals surface area (Å²) in [6.07, 6.45) is 1.10. The molecule has 8 heteroatoms. The molecule has 0 heterocycles. The highest BCUT2D eigenvalue weighted by molar-refractivity contribution is 7.90. The zero-order valence-corrected chi connectivity index (χ0v) is 14.4. The fourth-order valence-electron chi connectivity index (χ4n) is 1.74. The van der Waals surface area contributed by atoms with Crippen LogP contribution < -0.4 is 10.1 Å². The number of halogens is 2. The largest absolute Gasteiger partial charge is 0.482 e. The normalized spacial score (nSPS) is 11.1. The lowest BCUT2D eigenvalue weighted by molar-refractivity contribution is -0.118. The number of ether oxygens (including phenoxy) is 1. The molecule has 2 aromatic carbocycles. The first-order chi connectivity index (χ1) is 10.8. The molecule has 2 aromatic rings. The van der Waals surface area contributed by atoms with Crippen molar-refractivity contribution in [1.82, 2.24) is 0 Å². The highest BCUT2D eigenvalue weighted by atomic mass is 35.5. The second-order valence-corrected chi connectivity index (χ2v) is 7.57. The molecule has 5 nitrogen and oxygen atoms in total. The number of carbonyl (C=O) groups is 1. The molecule has 1 N–H and O–H groups in total. The van der Waals surface area contributed by atoms with Crippen molar-refractivity contribution in [2.45, 2.75) is 4.90 Å². The van der Waals surface area contributed by atoms with Gasteiger partial charge in [-0.05, 0) is 36.4 Å². The van der Waals surface area contributed by atoms with E-state index < -0.39 is 15.7 Å². The third-order valence-corrected chi connectivity index (χ3v) is 4.44. The molecular formula is C15H13Cl2NO4S. The van der Waals surface area contributed by atoms with Crippen LogP contribution in [0, 0.1) is 0 Å². The van der Waals surface area contributed by atoms with E-state index in [-0.39, 0.29) is 11.5 Å². The van der Waals surface area contributed by atoms with E-state index in [9.17, 15) is 13.2 Å². The molecule has 0 radical (unpaired) electrons. The van der Waals surface area contributed by atoms with Crippen LogP contribution in [0.4, 0.5) is 5.69 Å². The van der Waals surface area contributed by atoms with Crippen LogP contribution >= 0.6 is 23.2 Å². The van der Waals surface area contributed by atoms with Crippen LogP contribution in [0.2, 0.25) is 10.0 Å². The van der Waals surface area contributed by atoms with Gasteiger partial charge < -0.3 is 10.1 Å². The molecule has 0 bridgehead atoms. The molecule has 0 aliphatic heterocycles. The van der Waals surface area contributed by atoms with Crippen molar-refractivity contribution >= 4 is 44.6 Å². The van der Waals surface area contributed by atoms with Gasteiger partial charge in [0.05, 0.1) is 9.92 Å². The molecule has 0 atom stereocenters. The number of carbonyl (C=O) groups excluding carboxylic acids is 1. The Bertz CT molecular complexity index is 837. The van der Waals surface area contributed by atoms with Gasteiger partial charge >= 0.3 is 0 Å². The molecule has 0 unspecified atom stereocenters. The molecule has 0 aliphatic rings. The SMILES string of the molecule is CS(=O)(=O)c1cccc(NC(=O)COc2ccc(Cl)cc2Cl)c1. The fraction of sp³-hybridized carbons (Fsp3) is 0.133. The van der Waals surface area contributed by atoms with Crippen molar-refractivity contribution in [3.8, 4) is 5.75 Å². The molecule has 2 rings (SSSR count). The first-order valence-corrected chi connectivity index (χ1v) is 9.08. The number of anilines is 1. The van der Waals surface area contributed by atoms with Crippen LogP contribution in [0.15, 0.2) is 47.4 Å². The average Bonchev–Trinajstić information content (AvgIpc) is 2.45. The molecule has 23 heavy (non-hydrogen) atoms. The quantitative estimate of drug-likeness (QED) is 0.871. The van der Waals surface area contributed by atoms with Gasteiger partial charge in [-0.1, -0.05) is 29.3 Å². The van der Waals surface area contributed by atoms with E-state index in [1.54, 1.807) is 24.3 Å². The third-order valence-electron chi connectivity index (χ3n) is 2.80. The van der Waals surface area contributed by atoms with Gasteiger partial charge in [0.15, 0.2) is 16.4 Å². The summed E-state index contributed by atoms with van der Waals surface area (Å²) in [4.78, 5) is 12.0. The minimum Gasteiger partial charge on any atom is -0.482 e. The lowest BCUT2D eigenvalue weighted by Crippen LogP contribution is -2.20. The highest BCUT2D eigenvalue weighted by Gasteiger charge is 2.10. The number of nitrogens with one attached hydrogen (secondary N) is 1. The summed E-state index contributed by atoms with van der Waals surface area (Å²) in [6.45, 7) is -0.273. The van der Waals surface area contributed by atoms with E-state index >= 15 is 0 Å². The Morgan fingerprint density at radius 1 is 1.17 bits per heavy atom.